The van der Waals surface area contributed by atoms with E-state index >= 15 is 0 Å². The molecule has 0 bridgehead atoms. The molecule has 0 aliphatic heterocycles. The third kappa shape index (κ3) is 2.62. The molecule has 1 amide bonds. The van der Waals surface area contributed by atoms with Gasteiger partial charge in [0.1, 0.15) is 5.56 Å². The Bertz CT molecular complexity index is 901. The number of carbonyl (C=O) groups excluding carboxylic acids is 1. The van der Waals surface area contributed by atoms with E-state index in [9.17, 15) is 9.59 Å². The fourth-order valence-electron chi connectivity index (χ4n) is 1.95. The highest BCUT2D eigenvalue weighted by atomic mass is 79.9. The van der Waals surface area contributed by atoms with E-state index in [1.165, 1.54) is 21.9 Å². The Morgan fingerprint density at radius 2 is 2.24 bits per heavy atom. The van der Waals surface area contributed by atoms with Gasteiger partial charge in [0.2, 0.25) is 0 Å². The van der Waals surface area contributed by atoms with Crippen LogP contribution in [-0.4, -0.2) is 15.3 Å². The number of hydrogen-bond donors (Lipinski definition) is 1. The summed E-state index contributed by atoms with van der Waals surface area (Å²) in [4.78, 5) is 29.3. The van der Waals surface area contributed by atoms with Crippen molar-refractivity contribution < 1.29 is 4.79 Å². The molecule has 21 heavy (non-hydrogen) atoms. The van der Waals surface area contributed by atoms with Crippen molar-refractivity contribution in [1.29, 1.82) is 0 Å². The molecule has 1 aromatic carbocycles. The summed E-state index contributed by atoms with van der Waals surface area (Å²) in [6.45, 7) is 1.81. The standard InChI is InChI=1S/C14H10BrN3O2S/c1-8-7-21-14-16-6-11(13(20)18(8)14)12(19)17-10-4-2-3-9(15)5-10/h2-7H,1H3,(H,17,19). The summed E-state index contributed by atoms with van der Waals surface area (Å²) in [6, 6.07) is 7.17. The number of aryl methyl sites for hydroxylation is 1. The molecule has 3 rings (SSSR count). The van der Waals surface area contributed by atoms with Crippen molar-refractivity contribution in [3.8, 4) is 0 Å². The number of fused-ring (bicyclic) bond motifs is 1. The average Bonchev–Trinajstić information content (AvgIpc) is 2.81. The summed E-state index contributed by atoms with van der Waals surface area (Å²) < 4.78 is 2.29. The number of nitrogens with one attached hydrogen (secondary N) is 1. The van der Waals surface area contributed by atoms with E-state index in [1.807, 2.05) is 18.4 Å². The van der Waals surface area contributed by atoms with Crippen LogP contribution in [-0.2, 0) is 0 Å². The van der Waals surface area contributed by atoms with E-state index < -0.39 is 5.91 Å². The number of thiazole rings is 1. The van der Waals surface area contributed by atoms with Crippen LogP contribution in [0, 0.1) is 6.92 Å². The minimum atomic E-state index is -0.467. The molecule has 0 radical (unpaired) electrons. The van der Waals surface area contributed by atoms with E-state index in [-0.39, 0.29) is 11.1 Å². The van der Waals surface area contributed by atoms with Gasteiger partial charge in [-0.3, -0.25) is 14.0 Å². The first kappa shape index (κ1) is 14.0. The van der Waals surface area contributed by atoms with Gasteiger partial charge in [0.05, 0.1) is 0 Å². The monoisotopic (exact) mass is 363 g/mol. The van der Waals surface area contributed by atoms with E-state index in [1.54, 1.807) is 18.2 Å². The molecular weight excluding hydrogens is 354 g/mol. The molecule has 2 heterocycles. The lowest BCUT2D eigenvalue weighted by Gasteiger charge is -2.05. The molecule has 0 saturated heterocycles. The van der Waals surface area contributed by atoms with Crippen LogP contribution in [0.15, 0.2) is 45.1 Å². The number of nitrogens with zero attached hydrogens (tertiary/aromatic N) is 2. The highest BCUT2D eigenvalue weighted by Gasteiger charge is 2.15. The van der Waals surface area contributed by atoms with Crippen LogP contribution in [0.5, 0.6) is 0 Å². The second-order valence-electron chi connectivity index (χ2n) is 4.44. The van der Waals surface area contributed by atoms with Gasteiger partial charge in [-0.15, -0.1) is 11.3 Å². The van der Waals surface area contributed by atoms with E-state index in [2.05, 4.69) is 26.2 Å². The Labute approximate surface area is 132 Å². The number of rotatable bonds is 2. The summed E-state index contributed by atoms with van der Waals surface area (Å²) in [6.07, 6.45) is 1.32. The first-order valence-electron chi connectivity index (χ1n) is 6.09. The Morgan fingerprint density at radius 1 is 1.43 bits per heavy atom. The van der Waals surface area contributed by atoms with Crippen LogP contribution >= 0.6 is 27.3 Å². The van der Waals surface area contributed by atoms with Crippen LogP contribution in [0.2, 0.25) is 0 Å². The summed E-state index contributed by atoms with van der Waals surface area (Å²) in [5, 5.41) is 4.53. The molecule has 7 heteroatoms. The molecule has 1 N–H and O–H groups in total. The third-order valence-corrected chi connectivity index (χ3v) is 4.39. The van der Waals surface area contributed by atoms with Crippen molar-refractivity contribution in [1.82, 2.24) is 9.38 Å². The van der Waals surface area contributed by atoms with Gasteiger partial charge >= 0.3 is 0 Å². The zero-order valence-corrected chi connectivity index (χ0v) is 13.4. The smallest absolute Gasteiger partial charge is 0.271 e. The minimum Gasteiger partial charge on any atom is -0.322 e. The molecule has 2 aromatic heterocycles. The maximum atomic E-state index is 12.4. The highest BCUT2D eigenvalue weighted by Crippen LogP contribution is 2.16. The number of aromatic nitrogens is 2. The summed E-state index contributed by atoms with van der Waals surface area (Å²) >= 11 is 4.70. The zero-order valence-electron chi connectivity index (χ0n) is 11.0. The van der Waals surface area contributed by atoms with Crippen LogP contribution < -0.4 is 10.9 Å². The average molecular weight is 364 g/mol. The second kappa shape index (κ2) is 5.42. The Kier molecular flexibility index (Phi) is 3.60. The molecule has 0 saturated carbocycles. The molecule has 0 spiro atoms. The number of benzene rings is 1. The minimum absolute atomic E-state index is 0.0222. The fourth-order valence-corrected chi connectivity index (χ4v) is 3.17. The van der Waals surface area contributed by atoms with Crippen LogP contribution in [0.25, 0.3) is 4.96 Å². The number of halogens is 1. The van der Waals surface area contributed by atoms with Crippen molar-refractivity contribution in [2.45, 2.75) is 6.92 Å². The van der Waals surface area contributed by atoms with Gasteiger partial charge in [-0.25, -0.2) is 4.98 Å². The lowest BCUT2D eigenvalue weighted by atomic mass is 10.2. The topological polar surface area (TPSA) is 63.5 Å². The molecule has 106 valence electrons. The van der Waals surface area contributed by atoms with E-state index in [0.29, 0.717) is 10.6 Å². The van der Waals surface area contributed by atoms with E-state index in [0.717, 1.165) is 10.2 Å². The van der Waals surface area contributed by atoms with E-state index in [4.69, 9.17) is 0 Å². The Morgan fingerprint density at radius 3 is 3.00 bits per heavy atom. The molecular formula is C14H10BrN3O2S. The van der Waals surface area contributed by atoms with Gasteiger partial charge in [0.25, 0.3) is 11.5 Å². The van der Waals surface area contributed by atoms with Crippen LogP contribution in [0.3, 0.4) is 0 Å². The van der Waals surface area contributed by atoms with Gasteiger partial charge < -0.3 is 5.32 Å². The molecule has 3 aromatic rings. The second-order valence-corrected chi connectivity index (χ2v) is 6.19. The normalized spacial score (nSPS) is 10.8. The first-order valence-corrected chi connectivity index (χ1v) is 7.76. The molecule has 0 aliphatic carbocycles. The largest absolute Gasteiger partial charge is 0.322 e. The summed E-state index contributed by atoms with van der Waals surface area (Å²) in [7, 11) is 0. The number of carbonyl (C=O) groups is 1. The van der Waals surface area contributed by atoms with Gasteiger partial charge in [-0.1, -0.05) is 22.0 Å². The summed E-state index contributed by atoms with van der Waals surface area (Å²) in [5.74, 6) is -0.467. The number of amides is 1. The maximum Gasteiger partial charge on any atom is 0.271 e. The SMILES string of the molecule is Cc1csc2ncc(C(=O)Nc3cccc(Br)c3)c(=O)n12. The quantitative estimate of drug-likeness (QED) is 0.760. The van der Waals surface area contributed by atoms with Gasteiger partial charge in [-0.2, -0.15) is 0 Å². The summed E-state index contributed by atoms with van der Waals surface area (Å²) in [5.41, 5.74) is 1.05. The molecule has 0 fully saturated rings. The van der Waals surface area contributed by atoms with Crippen molar-refractivity contribution in [2.24, 2.45) is 0 Å². The van der Waals surface area contributed by atoms with Crippen molar-refractivity contribution in [3.05, 3.63) is 61.9 Å². The van der Waals surface area contributed by atoms with Crippen molar-refractivity contribution in [3.63, 3.8) is 0 Å². The van der Waals surface area contributed by atoms with Gasteiger partial charge in [0.15, 0.2) is 4.96 Å². The predicted octanol–water partition coefficient (Wildman–Crippen LogP) is 3.08. The lowest BCUT2D eigenvalue weighted by molar-refractivity contribution is 0.102. The predicted molar refractivity (Wildman–Crippen MR) is 86.2 cm³/mol. The fraction of sp³-hybridized carbons (Fsp3) is 0.0714. The maximum absolute atomic E-state index is 12.4. The van der Waals surface area contributed by atoms with Gasteiger partial charge in [-0.05, 0) is 25.1 Å². The van der Waals surface area contributed by atoms with Crippen molar-refractivity contribution >= 4 is 43.8 Å². The highest BCUT2D eigenvalue weighted by molar-refractivity contribution is 9.10. The lowest BCUT2D eigenvalue weighted by Crippen LogP contribution is -2.26. The molecule has 0 atom stereocenters. The van der Waals surface area contributed by atoms with Crippen LogP contribution in [0.4, 0.5) is 5.69 Å². The number of anilines is 1. The Balaban J connectivity index is 2.00. The molecule has 0 unspecified atom stereocenters. The van der Waals surface area contributed by atoms with Crippen molar-refractivity contribution in [2.75, 3.05) is 5.32 Å². The van der Waals surface area contributed by atoms with Crippen LogP contribution in [0.1, 0.15) is 16.1 Å². The first-order chi connectivity index (χ1) is 10.1. The molecule has 0 aliphatic rings. The van der Waals surface area contributed by atoms with Gasteiger partial charge in [0, 0.05) is 27.4 Å². The third-order valence-electron chi connectivity index (χ3n) is 2.94. The Hall–Kier alpha value is -1.99. The number of hydrogen-bond acceptors (Lipinski definition) is 4. The molecule has 5 nitrogen and oxygen atoms in total. The zero-order chi connectivity index (χ0) is 15.0.